The Hall–Kier alpha value is -2.53. The van der Waals surface area contributed by atoms with Crippen molar-refractivity contribution in [1.29, 1.82) is 0 Å². The summed E-state index contributed by atoms with van der Waals surface area (Å²) in [6.45, 7) is 1.93. The normalized spacial score (nSPS) is 10.0. The smallest absolute Gasteiger partial charge is 0.321 e. The van der Waals surface area contributed by atoms with Crippen LogP contribution in [-0.4, -0.2) is 18.5 Å². The van der Waals surface area contributed by atoms with Crippen LogP contribution in [0.2, 0.25) is 5.02 Å². The maximum Gasteiger partial charge on any atom is 0.321 e. The van der Waals surface area contributed by atoms with Crippen LogP contribution in [-0.2, 0) is 11.3 Å². The number of carbonyl (C=O) groups is 2. The molecule has 0 fully saturated rings. The van der Waals surface area contributed by atoms with Crippen LogP contribution in [0.25, 0.3) is 0 Å². The number of aryl methyl sites for hydroxylation is 1. The molecule has 2 aromatic rings. The molecule has 0 aliphatic heterocycles. The maximum atomic E-state index is 11.7. The number of rotatable bonds is 5. The van der Waals surface area contributed by atoms with Crippen molar-refractivity contribution in [3.05, 3.63) is 64.7 Å². The fraction of sp³-hybridized carbons (Fsp3) is 0.176. The SMILES string of the molecule is Cc1cc(OCC(=O)NC(=O)NCc2ccccc2)ccc1Cl. The van der Waals surface area contributed by atoms with Gasteiger partial charge in [0.25, 0.3) is 5.91 Å². The van der Waals surface area contributed by atoms with Gasteiger partial charge in [-0.05, 0) is 36.2 Å². The zero-order valence-corrected chi connectivity index (χ0v) is 13.4. The Morgan fingerprint density at radius 2 is 1.87 bits per heavy atom. The average Bonchev–Trinajstić information content (AvgIpc) is 2.55. The van der Waals surface area contributed by atoms with Crippen molar-refractivity contribution >= 4 is 23.5 Å². The molecule has 0 aliphatic rings. The van der Waals surface area contributed by atoms with Crippen molar-refractivity contribution in [2.24, 2.45) is 0 Å². The van der Waals surface area contributed by atoms with E-state index in [1.807, 2.05) is 37.3 Å². The van der Waals surface area contributed by atoms with Gasteiger partial charge < -0.3 is 10.1 Å². The molecule has 2 N–H and O–H groups in total. The van der Waals surface area contributed by atoms with Gasteiger partial charge >= 0.3 is 6.03 Å². The first-order valence-corrected chi connectivity index (χ1v) is 7.43. The second-order valence-corrected chi connectivity index (χ2v) is 5.32. The number of ether oxygens (including phenoxy) is 1. The summed E-state index contributed by atoms with van der Waals surface area (Å²) in [6, 6.07) is 13.9. The van der Waals surface area contributed by atoms with Gasteiger partial charge in [-0.15, -0.1) is 0 Å². The van der Waals surface area contributed by atoms with Gasteiger partial charge in [-0.2, -0.15) is 0 Å². The van der Waals surface area contributed by atoms with Gasteiger partial charge in [0.15, 0.2) is 6.61 Å². The Kier molecular flexibility index (Phi) is 6.00. The lowest BCUT2D eigenvalue weighted by atomic mass is 10.2. The summed E-state index contributed by atoms with van der Waals surface area (Å²) in [5, 5.41) is 5.43. The number of urea groups is 1. The first kappa shape index (κ1) is 16.8. The number of hydrogen-bond acceptors (Lipinski definition) is 3. The Balaban J connectivity index is 1.73. The number of nitrogens with one attached hydrogen (secondary N) is 2. The summed E-state index contributed by atoms with van der Waals surface area (Å²) in [7, 11) is 0. The highest BCUT2D eigenvalue weighted by molar-refractivity contribution is 6.31. The van der Waals surface area contributed by atoms with Crippen LogP contribution in [0, 0.1) is 6.92 Å². The monoisotopic (exact) mass is 332 g/mol. The molecular weight excluding hydrogens is 316 g/mol. The molecule has 0 bridgehead atoms. The maximum absolute atomic E-state index is 11.7. The van der Waals surface area contributed by atoms with Gasteiger partial charge in [0.1, 0.15) is 5.75 Å². The summed E-state index contributed by atoms with van der Waals surface area (Å²) >= 11 is 5.91. The first-order chi connectivity index (χ1) is 11.0. The van der Waals surface area contributed by atoms with Gasteiger partial charge in [-0.3, -0.25) is 10.1 Å². The number of halogens is 1. The lowest BCUT2D eigenvalue weighted by molar-refractivity contribution is -0.122. The standard InChI is InChI=1S/C17H17ClN2O3/c1-12-9-14(7-8-15(12)18)23-11-16(21)20-17(22)19-10-13-5-3-2-4-6-13/h2-9H,10-11H2,1H3,(H2,19,20,21,22). The molecule has 2 rings (SSSR count). The fourth-order valence-electron chi connectivity index (χ4n) is 1.84. The van der Waals surface area contributed by atoms with Gasteiger partial charge in [0, 0.05) is 11.6 Å². The average molecular weight is 333 g/mol. The van der Waals surface area contributed by atoms with Crippen LogP contribution >= 0.6 is 11.6 Å². The first-order valence-electron chi connectivity index (χ1n) is 7.05. The molecule has 0 aromatic heterocycles. The van der Waals surface area contributed by atoms with Gasteiger partial charge in [-0.1, -0.05) is 41.9 Å². The molecule has 0 heterocycles. The topological polar surface area (TPSA) is 67.4 Å². The van der Waals surface area contributed by atoms with E-state index in [1.165, 1.54) is 0 Å². The summed E-state index contributed by atoms with van der Waals surface area (Å²) in [6.07, 6.45) is 0. The van der Waals surface area contributed by atoms with Crippen LogP contribution in [0.5, 0.6) is 5.75 Å². The summed E-state index contributed by atoms with van der Waals surface area (Å²) in [5.74, 6) is -0.00471. The number of benzene rings is 2. The van der Waals surface area contributed by atoms with Crippen LogP contribution in [0.1, 0.15) is 11.1 Å². The molecule has 120 valence electrons. The van der Waals surface area contributed by atoms with E-state index in [0.29, 0.717) is 17.3 Å². The highest BCUT2D eigenvalue weighted by Crippen LogP contribution is 2.20. The molecule has 0 saturated heterocycles. The second kappa shape index (κ2) is 8.19. The van der Waals surface area contributed by atoms with Crippen molar-refractivity contribution in [3.63, 3.8) is 0 Å². The van der Waals surface area contributed by atoms with E-state index in [4.69, 9.17) is 16.3 Å². The van der Waals surface area contributed by atoms with E-state index in [1.54, 1.807) is 18.2 Å². The van der Waals surface area contributed by atoms with Crippen molar-refractivity contribution < 1.29 is 14.3 Å². The molecule has 0 unspecified atom stereocenters. The minimum absolute atomic E-state index is 0.250. The zero-order valence-electron chi connectivity index (χ0n) is 12.6. The number of imide groups is 1. The van der Waals surface area contributed by atoms with E-state index >= 15 is 0 Å². The van der Waals surface area contributed by atoms with E-state index in [9.17, 15) is 9.59 Å². The van der Waals surface area contributed by atoms with Crippen molar-refractivity contribution in [1.82, 2.24) is 10.6 Å². The van der Waals surface area contributed by atoms with Gasteiger partial charge in [0.2, 0.25) is 0 Å². The minimum atomic E-state index is -0.560. The van der Waals surface area contributed by atoms with E-state index < -0.39 is 11.9 Å². The number of carbonyl (C=O) groups excluding carboxylic acids is 2. The molecular formula is C17H17ClN2O3. The molecule has 0 radical (unpaired) electrons. The molecule has 2 aromatic carbocycles. The van der Waals surface area contributed by atoms with E-state index in [2.05, 4.69) is 10.6 Å². The highest BCUT2D eigenvalue weighted by atomic mass is 35.5. The Morgan fingerprint density at radius 1 is 1.13 bits per heavy atom. The summed E-state index contributed by atoms with van der Waals surface area (Å²) in [4.78, 5) is 23.3. The third-order valence-electron chi connectivity index (χ3n) is 3.05. The largest absolute Gasteiger partial charge is 0.484 e. The Bertz CT molecular complexity index is 689. The Labute approximate surface area is 139 Å². The van der Waals surface area contributed by atoms with Gasteiger partial charge in [-0.25, -0.2) is 4.79 Å². The van der Waals surface area contributed by atoms with Crippen LogP contribution in [0.3, 0.4) is 0 Å². The Morgan fingerprint density at radius 3 is 2.57 bits per heavy atom. The predicted molar refractivity (Wildman–Crippen MR) is 88.5 cm³/mol. The molecule has 0 saturated carbocycles. The van der Waals surface area contributed by atoms with E-state index in [-0.39, 0.29) is 6.61 Å². The van der Waals surface area contributed by atoms with Crippen LogP contribution < -0.4 is 15.4 Å². The van der Waals surface area contributed by atoms with Crippen molar-refractivity contribution in [2.45, 2.75) is 13.5 Å². The zero-order chi connectivity index (χ0) is 16.7. The second-order valence-electron chi connectivity index (χ2n) is 4.92. The van der Waals surface area contributed by atoms with Crippen molar-refractivity contribution in [2.75, 3.05) is 6.61 Å². The lowest BCUT2D eigenvalue weighted by Crippen LogP contribution is -2.41. The van der Waals surface area contributed by atoms with E-state index in [0.717, 1.165) is 11.1 Å². The van der Waals surface area contributed by atoms with Gasteiger partial charge in [0.05, 0.1) is 0 Å². The molecule has 0 atom stereocenters. The summed E-state index contributed by atoms with van der Waals surface area (Å²) in [5.41, 5.74) is 1.80. The number of amides is 3. The number of hydrogen-bond donors (Lipinski definition) is 2. The minimum Gasteiger partial charge on any atom is -0.484 e. The lowest BCUT2D eigenvalue weighted by Gasteiger charge is -2.09. The molecule has 3 amide bonds. The molecule has 5 nitrogen and oxygen atoms in total. The highest BCUT2D eigenvalue weighted by Gasteiger charge is 2.08. The predicted octanol–water partition coefficient (Wildman–Crippen LogP) is 3.05. The van der Waals surface area contributed by atoms with Crippen molar-refractivity contribution in [3.8, 4) is 5.75 Å². The molecule has 0 aliphatic carbocycles. The van der Waals surface area contributed by atoms with Crippen LogP contribution in [0.15, 0.2) is 48.5 Å². The molecule has 0 spiro atoms. The quantitative estimate of drug-likeness (QED) is 0.884. The fourth-order valence-corrected chi connectivity index (χ4v) is 1.96. The molecule has 6 heteroatoms. The molecule has 23 heavy (non-hydrogen) atoms. The third-order valence-corrected chi connectivity index (χ3v) is 3.47. The third kappa shape index (κ3) is 5.64. The summed E-state index contributed by atoms with van der Waals surface area (Å²) < 4.78 is 5.32. The van der Waals surface area contributed by atoms with Crippen LogP contribution in [0.4, 0.5) is 4.79 Å².